The lowest BCUT2D eigenvalue weighted by atomic mass is 9.80. The van der Waals surface area contributed by atoms with Crippen LogP contribution < -0.4 is 11.3 Å². The van der Waals surface area contributed by atoms with Crippen molar-refractivity contribution in [2.24, 2.45) is 11.8 Å². The Kier molecular flexibility index (Phi) is 5.16. The Bertz CT molecular complexity index is 436. The van der Waals surface area contributed by atoms with Gasteiger partial charge in [0.1, 0.15) is 0 Å². The molecule has 21 heavy (non-hydrogen) atoms. The summed E-state index contributed by atoms with van der Waals surface area (Å²) in [4.78, 5) is 4.07. The molecule has 116 valence electrons. The van der Waals surface area contributed by atoms with Crippen molar-refractivity contribution in [3.8, 4) is 0 Å². The number of hydrogen-bond donors (Lipinski definition) is 2. The van der Waals surface area contributed by atoms with E-state index >= 15 is 0 Å². The lowest BCUT2D eigenvalue weighted by Crippen LogP contribution is -2.49. The molecule has 0 bridgehead atoms. The van der Waals surface area contributed by atoms with E-state index in [0.717, 1.165) is 38.0 Å². The van der Waals surface area contributed by atoms with Crippen LogP contribution >= 0.6 is 11.8 Å². The van der Waals surface area contributed by atoms with Crippen molar-refractivity contribution in [1.29, 1.82) is 0 Å². The summed E-state index contributed by atoms with van der Waals surface area (Å²) in [7, 11) is 0. The maximum atomic E-state index is 6.12. The van der Waals surface area contributed by atoms with Crippen molar-refractivity contribution < 1.29 is 4.74 Å². The first-order chi connectivity index (χ1) is 10.3. The van der Waals surface area contributed by atoms with Crippen molar-refractivity contribution in [3.63, 3.8) is 0 Å². The second-order valence-electron chi connectivity index (χ2n) is 6.25. The fourth-order valence-electron chi connectivity index (χ4n) is 3.60. The number of ether oxygens (including phenoxy) is 1. The Hall–Kier alpha value is -0.620. The van der Waals surface area contributed by atoms with Crippen LogP contribution in [0.1, 0.15) is 31.2 Å². The first kappa shape index (κ1) is 15.3. The van der Waals surface area contributed by atoms with Gasteiger partial charge in [0.15, 0.2) is 0 Å². The molecule has 5 heteroatoms. The highest BCUT2D eigenvalue weighted by Crippen LogP contribution is 2.41. The number of aromatic nitrogens is 1. The van der Waals surface area contributed by atoms with Crippen LogP contribution in [0.5, 0.6) is 0 Å². The number of nitrogens with one attached hydrogen (secondary N) is 1. The van der Waals surface area contributed by atoms with Gasteiger partial charge in [-0.3, -0.25) is 16.3 Å². The van der Waals surface area contributed by atoms with E-state index in [0.29, 0.717) is 12.0 Å². The highest BCUT2D eigenvalue weighted by molar-refractivity contribution is 7.99. The monoisotopic (exact) mass is 307 g/mol. The molecule has 3 rings (SSSR count). The van der Waals surface area contributed by atoms with Crippen LogP contribution in [0.2, 0.25) is 0 Å². The molecule has 0 saturated carbocycles. The first-order valence-corrected chi connectivity index (χ1v) is 9.03. The Labute approximate surface area is 131 Å². The van der Waals surface area contributed by atoms with Crippen LogP contribution in [0.25, 0.3) is 0 Å². The summed E-state index contributed by atoms with van der Waals surface area (Å²) < 4.78 is 6.12. The summed E-state index contributed by atoms with van der Waals surface area (Å²) in [6.07, 6.45) is 9.34. The van der Waals surface area contributed by atoms with Crippen molar-refractivity contribution in [3.05, 3.63) is 30.1 Å². The fourth-order valence-corrected chi connectivity index (χ4v) is 4.98. The maximum absolute atomic E-state index is 6.12. The van der Waals surface area contributed by atoms with E-state index in [-0.39, 0.29) is 5.60 Å². The molecule has 4 nitrogen and oxygen atoms in total. The molecule has 0 radical (unpaired) electrons. The van der Waals surface area contributed by atoms with E-state index in [2.05, 4.69) is 22.5 Å². The number of nitrogens with two attached hydrogens (primary N) is 1. The summed E-state index contributed by atoms with van der Waals surface area (Å²) in [5, 5.41) is 0. The van der Waals surface area contributed by atoms with Gasteiger partial charge in [-0.25, -0.2) is 0 Å². The number of hydrogen-bond acceptors (Lipinski definition) is 5. The minimum absolute atomic E-state index is 0.138. The lowest BCUT2D eigenvalue weighted by molar-refractivity contribution is -0.0854. The Morgan fingerprint density at radius 2 is 2.33 bits per heavy atom. The number of nitrogens with zero attached hydrogens (tertiary/aromatic N) is 1. The van der Waals surface area contributed by atoms with Gasteiger partial charge >= 0.3 is 0 Å². The van der Waals surface area contributed by atoms with Gasteiger partial charge in [0.2, 0.25) is 0 Å². The first-order valence-electron chi connectivity index (χ1n) is 7.88. The van der Waals surface area contributed by atoms with Crippen LogP contribution in [-0.2, 0) is 11.2 Å². The minimum Gasteiger partial charge on any atom is -0.374 e. The fraction of sp³-hybridized carbons (Fsp3) is 0.688. The molecule has 0 aromatic carbocycles. The number of thioether (sulfide) groups is 1. The van der Waals surface area contributed by atoms with Crippen molar-refractivity contribution in [2.45, 2.75) is 43.7 Å². The second-order valence-corrected chi connectivity index (χ2v) is 7.36. The van der Waals surface area contributed by atoms with Crippen molar-refractivity contribution >= 4 is 11.8 Å². The predicted octanol–water partition coefficient (Wildman–Crippen LogP) is 2.15. The molecule has 1 aromatic heterocycles. The van der Waals surface area contributed by atoms with Gasteiger partial charge in [0.05, 0.1) is 5.60 Å². The van der Waals surface area contributed by atoms with Gasteiger partial charge in [0.25, 0.3) is 0 Å². The molecule has 1 aromatic rings. The average molecular weight is 307 g/mol. The van der Waals surface area contributed by atoms with Crippen LogP contribution in [0.15, 0.2) is 24.5 Å². The second kappa shape index (κ2) is 7.09. The molecule has 1 spiro atoms. The van der Waals surface area contributed by atoms with Gasteiger partial charge < -0.3 is 4.74 Å². The Morgan fingerprint density at radius 3 is 3.05 bits per heavy atom. The topological polar surface area (TPSA) is 60.2 Å². The smallest absolute Gasteiger partial charge is 0.0783 e. The number of pyridine rings is 1. The van der Waals surface area contributed by atoms with Crippen LogP contribution in [-0.4, -0.2) is 34.7 Å². The van der Waals surface area contributed by atoms with Crippen LogP contribution in [0.3, 0.4) is 0 Å². The molecular weight excluding hydrogens is 282 g/mol. The summed E-state index contributed by atoms with van der Waals surface area (Å²) in [5.41, 5.74) is 4.55. The largest absolute Gasteiger partial charge is 0.374 e. The summed E-state index contributed by atoms with van der Waals surface area (Å²) >= 11 is 2.03. The summed E-state index contributed by atoms with van der Waals surface area (Å²) in [5.74, 6) is 8.87. The zero-order chi connectivity index (χ0) is 14.5. The van der Waals surface area contributed by atoms with Crippen LogP contribution in [0.4, 0.5) is 0 Å². The quantitative estimate of drug-likeness (QED) is 0.645. The third-order valence-electron chi connectivity index (χ3n) is 4.87. The summed E-state index contributed by atoms with van der Waals surface area (Å²) in [6, 6.07) is 4.56. The van der Waals surface area contributed by atoms with E-state index in [1.54, 1.807) is 0 Å². The van der Waals surface area contributed by atoms with Gasteiger partial charge in [-0.15, -0.1) is 0 Å². The van der Waals surface area contributed by atoms with Gasteiger partial charge in [-0.05, 0) is 61.5 Å². The van der Waals surface area contributed by atoms with E-state index < -0.39 is 0 Å². The Morgan fingerprint density at radius 1 is 1.48 bits per heavy atom. The average Bonchev–Trinajstić information content (AvgIpc) is 2.97. The predicted molar refractivity (Wildman–Crippen MR) is 87.0 cm³/mol. The Balaban J connectivity index is 1.57. The zero-order valence-corrected chi connectivity index (χ0v) is 13.3. The molecule has 3 heterocycles. The number of rotatable bonds is 5. The van der Waals surface area contributed by atoms with Gasteiger partial charge in [0, 0.05) is 30.8 Å². The molecule has 3 N–H and O–H groups in total. The SMILES string of the molecule is NNC(CCc1ccncc1)C1CCOC2(CCSC2)C1. The molecule has 2 fully saturated rings. The molecule has 2 aliphatic rings. The summed E-state index contributed by atoms with van der Waals surface area (Å²) in [6.45, 7) is 0.888. The third-order valence-corrected chi connectivity index (χ3v) is 6.10. The molecule has 3 unspecified atom stereocenters. The molecular formula is C16H25N3OS. The van der Waals surface area contributed by atoms with Gasteiger partial charge in [-0.2, -0.15) is 11.8 Å². The normalized spacial score (nSPS) is 30.6. The molecule has 0 amide bonds. The zero-order valence-electron chi connectivity index (χ0n) is 12.5. The molecule has 0 aliphatic carbocycles. The van der Waals surface area contributed by atoms with E-state index in [1.807, 2.05) is 24.2 Å². The van der Waals surface area contributed by atoms with E-state index in [4.69, 9.17) is 10.6 Å². The van der Waals surface area contributed by atoms with E-state index in [1.165, 1.54) is 17.7 Å². The standard InChI is InChI=1S/C16H25N3OS/c17-19-15(2-1-13-3-7-18-8-4-13)14-5-9-20-16(11-14)6-10-21-12-16/h3-4,7-8,14-15,19H,1-2,5-6,9-12,17H2. The van der Waals surface area contributed by atoms with Crippen LogP contribution in [0, 0.1) is 5.92 Å². The minimum atomic E-state index is 0.138. The maximum Gasteiger partial charge on any atom is 0.0783 e. The number of aryl methyl sites for hydroxylation is 1. The third kappa shape index (κ3) is 3.77. The molecule has 2 aliphatic heterocycles. The van der Waals surface area contributed by atoms with E-state index in [9.17, 15) is 0 Å². The number of hydrazine groups is 1. The van der Waals surface area contributed by atoms with Crippen molar-refractivity contribution in [2.75, 3.05) is 18.1 Å². The highest BCUT2D eigenvalue weighted by Gasteiger charge is 2.42. The highest BCUT2D eigenvalue weighted by atomic mass is 32.2. The van der Waals surface area contributed by atoms with Crippen molar-refractivity contribution in [1.82, 2.24) is 10.4 Å². The lowest BCUT2D eigenvalue weighted by Gasteiger charge is -2.40. The molecule has 3 atom stereocenters. The van der Waals surface area contributed by atoms with Gasteiger partial charge in [-0.1, -0.05) is 0 Å². The molecule has 2 saturated heterocycles.